The number of unbranched alkanes of at least 4 members (excludes halogenated alkanes) is 1. The summed E-state index contributed by atoms with van der Waals surface area (Å²) in [7, 11) is 0. The Balaban J connectivity index is 2.02. The average molecular weight is 387 g/mol. The molecule has 0 radical (unpaired) electrons. The minimum atomic E-state index is -0.792. The Morgan fingerprint density at radius 2 is 1.82 bits per heavy atom. The molecule has 0 saturated carbocycles. The van der Waals surface area contributed by atoms with Crippen molar-refractivity contribution < 1.29 is 13.6 Å². The molecule has 0 bridgehead atoms. The molecule has 0 atom stereocenters. The number of hydrogen-bond donors (Lipinski definition) is 1. The molecule has 146 valence electrons. The van der Waals surface area contributed by atoms with Crippen LogP contribution in [0.2, 0.25) is 0 Å². The maximum Gasteiger partial charge on any atom is 0.331 e. The van der Waals surface area contributed by atoms with Gasteiger partial charge in [-0.3, -0.25) is 18.7 Å². The monoisotopic (exact) mass is 387 g/mol. The van der Waals surface area contributed by atoms with Gasteiger partial charge in [-0.2, -0.15) is 0 Å². The van der Waals surface area contributed by atoms with Crippen LogP contribution in [0.25, 0.3) is 10.9 Å². The minimum absolute atomic E-state index is 0.235. The summed E-state index contributed by atoms with van der Waals surface area (Å²) in [6.07, 6.45) is 1.42. The fourth-order valence-electron chi connectivity index (χ4n) is 2.96. The number of nitrogens with zero attached hydrogens (tertiary/aromatic N) is 2. The summed E-state index contributed by atoms with van der Waals surface area (Å²) in [6, 6.07) is 9.17. The van der Waals surface area contributed by atoms with Gasteiger partial charge in [0.15, 0.2) is 0 Å². The molecule has 0 unspecified atom stereocenters. The molecule has 0 aliphatic carbocycles. The van der Waals surface area contributed by atoms with Crippen molar-refractivity contribution in [2.75, 3.05) is 5.32 Å². The van der Waals surface area contributed by atoms with E-state index in [2.05, 4.69) is 5.32 Å². The van der Waals surface area contributed by atoms with Gasteiger partial charge in [-0.25, -0.2) is 13.6 Å². The lowest BCUT2D eigenvalue weighted by Gasteiger charge is -2.14. The van der Waals surface area contributed by atoms with Gasteiger partial charge in [-0.05, 0) is 30.7 Å². The summed E-state index contributed by atoms with van der Waals surface area (Å²) >= 11 is 0. The molecule has 6 nitrogen and oxygen atoms in total. The molecule has 0 spiro atoms. The summed E-state index contributed by atoms with van der Waals surface area (Å²) in [5.74, 6) is -2.20. The third kappa shape index (κ3) is 3.85. The number of carbonyl (C=O) groups excluding carboxylic acids is 1. The van der Waals surface area contributed by atoms with Crippen LogP contribution in [-0.2, 0) is 17.9 Å². The topological polar surface area (TPSA) is 73.1 Å². The molecule has 3 aromatic rings. The molecule has 2 aromatic carbocycles. The van der Waals surface area contributed by atoms with Gasteiger partial charge >= 0.3 is 5.69 Å². The van der Waals surface area contributed by atoms with E-state index in [1.54, 1.807) is 24.3 Å². The smallest absolute Gasteiger partial charge is 0.322 e. The lowest BCUT2D eigenvalue weighted by molar-refractivity contribution is -0.116. The number of nitrogens with one attached hydrogen (secondary N) is 1. The van der Waals surface area contributed by atoms with Crippen molar-refractivity contribution in [3.8, 4) is 0 Å². The lowest BCUT2D eigenvalue weighted by atomic mass is 10.2. The van der Waals surface area contributed by atoms with Crippen molar-refractivity contribution in [2.45, 2.75) is 32.9 Å². The third-order valence-corrected chi connectivity index (χ3v) is 4.37. The van der Waals surface area contributed by atoms with Gasteiger partial charge in [0.2, 0.25) is 5.91 Å². The Morgan fingerprint density at radius 3 is 2.57 bits per heavy atom. The molecule has 1 amide bonds. The first-order chi connectivity index (χ1) is 13.4. The Kier molecular flexibility index (Phi) is 5.67. The number of carbonyl (C=O) groups is 1. The van der Waals surface area contributed by atoms with Crippen molar-refractivity contribution >= 4 is 22.5 Å². The number of halogens is 2. The van der Waals surface area contributed by atoms with E-state index in [4.69, 9.17) is 0 Å². The first-order valence-electron chi connectivity index (χ1n) is 8.89. The number of para-hydroxylation sites is 1. The quantitative estimate of drug-likeness (QED) is 0.707. The molecule has 1 aromatic heterocycles. The lowest BCUT2D eigenvalue weighted by Crippen LogP contribution is -2.41. The number of hydrogen-bond acceptors (Lipinski definition) is 3. The molecule has 8 heteroatoms. The standard InChI is InChI=1S/C20H19F2N3O3/c1-2-3-10-24-19(27)14-6-4-5-7-17(14)25(20(24)28)12-18(26)23-16-11-13(21)8-9-15(16)22/h4-9,11H,2-3,10,12H2,1H3,(H,23,26). The molecular formula is C20H19F2N3O3. The number of aromatic nitrogens is 2. The molecule has 28 heavy (non-hydrogen) atoms. The number of fused-ring (bicyclic) bond motifs is 1. The van der Waals surface area contributed by atoms with E-state index in [0.29, 0.717) is 17.3 Å². The second-order valence-electron chi connectivity index (χ2n) is 6.37. The van der Waals surface area contributed by atoms with E-state index >= 15 is 0 Å². The average Bonchev–Trinajstić information content (AvgIpc) is 2.68. The molecule has 0 saturated heterocycles. The van der Waals surface area contributed by atoms with Crippen molar-refractivity contribution in [1.29, 1.82) is 0 Å². The predicted molar refractivity (Wildman–Crippen MR) is 102 cm³/mol. The highest BCUT2D eigenvalue weighted by Gasteiger charge is 2.16. The van der Waals surface area contributed by atoms with Gasteiger partial charge in [0, 0.05) is 12.6 Å². The van der Waals surface area contributed by atoms with E-state index < -0.39 is 35.3 Å². The molecule has 1 heterocycles. The Hall–Kier alpha value is -3.29. The van der Waals surface area contributed by atoms with Crippen LogP contribution in [0, 0.1) is 11.6 Å². The second-order valence-corrected chi connectivity index (χ2v) is 6.37. The van der Waals surface area contributed by atoms with Crippen LogP contribution in [-0.4, -0.2) is 15.0 Å². The highest BCUT2D eigenvalue weighted by Crippen LogP contribution is 2.15. The van der Waals surface area contributed by atoms with Crippen LogP contribution >= 0.6 is 0 Å². The normalized spacial score (nSPS) is 11.0. The van der Waals surface area contributed by atoms with Gasteiger partial charge < -0.3 is 5.32 Å². The molecular weight excluding hydrogens is 368 g/mol. The Morgan fingerprint density at radius 1 is 1.07 bits per heavy atom. The van der Waals surface area contributed by atoms with E-state index in [1.807, 2.05) is 6.92 Å². The van der Waals surface area contributed by atoms with Crippen LogP contribution in [0.3, 0.4) is 0 Å². The summed E-state index contributed by atoms with van der Waals surface area (Å²) in [5.41, 5.74) is -1.05. The van der Waals surface area contributed by atoms with Crippen LogP contribution in [0.4, 0.5) is 14.5 Å². The molecule has 0 fully saturated rings. The van der Waals surface area contributed by atoms with Crippen molar-refractivity contribution in [2.24, 2.45) is 0 Å². The summed E-state index contributed by atoms with van der Waals surface area (Å²) < 4.78 is 29.3. The van der Waals surface area contributed by atoms with Crippen LogP contribution < -0.4 is 16.6 Å². The number of anilines is 1. The van der Waals surface area contributed by atoms with Crippen molar-refractivity contribution in [1.82, 2.24) is 9.13 Å². The first kappa shape index (κ1) is 19.5. The molecule has 3 rings (SSSR count). The van der Waals surface area contributed by atoms with Crippen LogP contribution in [0.15, 0.2) is 52.1 Å². The third-order valence-electron chi connectivity index (χ3n) is 4.37. The predicted octanol–water partition coefficient (Wildman–Crippen LogP) is 2.88. The zero-order chi connectivity index (χ0) is 20.3. The summed E-state index contributed by atoms with van der Waals surface area (Å²) in [5, 5.41) is 2.58. The number of benzene rings is 2. The van der Waals surface area contributed by atoms with Gasteiger partial charge in [0.25, 0.3) is 5.56 Å². The first-order valence-corrected chi connectivity index (χ1v) is 8.89. The van der Waals surface area contributed by atoms with Gasteiger partial charge in [0.1, 0.15) is 18.2 Å². The Bertz CT molecular complexity index is 1150. The maximum absolute atomic E-state index is 13.8. The largest absolute Gasteiger partial charge is 0.331 e. The zero-order valence-electron chi connectivity index (χ0n) is 15.2. The van der Waals surface area contributed by atoms with E-state index in [1.165, 1.54) is 4.57 Å². The highest BCUT2D eigenvalue weighted by atomic mass is 19.1. The van der Waals surface area contributed by atoms with Gasteiger partial charge in [-0.1, -0.05) is 25.5 Å². The highest BCUT2D eigenvalue weighted by molar-refractivity contribution is 5.91. The van der Waals surface area contributed by atoms with Crippen LogP contribution in [0.5, 0.6) is 0 Å². The molecule has 0 aliphatic heterocycles. The minimum Gasteiger partial charge on any atom is -0.322 e. The van der Waals surface area contributed by atoms with Gasteiger partial charge in [-0.15, -0.1) is 0 Å². The molecule has 1 N–H and O–H groups in total. The Labute approximate surface area is 159 Å². The van der Waals surface area contributed by atoms with Crippen molar-refractivity contribution in [3.05, 3.63) is 74.9 Å². The summed E-state index contributed by atoms with van der Waals surface area (Å²) in [4.78, 5) is 37.9. The number of rotatable bonds is 6. The number of amides is 1. The fraction of sp³-hybridized carbons (Fsp3) is 0.250. The van der Waals surface area contributed by atoms with Gasteiger partial charge in [0.05, 0.1) is 16.6 Å². The SMILES string of the molecule is CCCCn1c(=O)c2ccccc2n(CC(=O)Nc2cc(F)ccc2F)c1=O. The van der Waals surface area contributed by atoms with E-state index in [-0.39, 0.29) is 12.2 Å². The van der Waals surface area contributed by atoms with Crippen molar-refractivity contribution in [3.63, 3.8) is 0 Å². The fourth-order valence-corrected chi connectivity index (χ4v) is 2.96. The van der Waals surface area contributed by atoms with E-state index in [9.17, 15) is 23.2 Å². The second kappa shape index (κ2) is 8.16. The zero-order valence-corrected chi connectivity index (χ0v) is 15.2. The molecule has 0 aliphatic rings. The van der Waals surface area contributed by atoms with Crippen LogP contribution in [0.1, 0.15) is 19.8 Å². The summed E-state index contributed by atoms with van der Waals surface area (Å²) in [6.45, 7) is 1.73. The van der Waals surface area contributed by atoms with E-state index in [0.717, 1.165) is 29.2 Å². The maximum atomic E-state index is 13.8.